The van der Waals surface area contributed by atoms with Crippen LogP contribution in [0.15, 0.2) is 18.2 Å². The Balaban J connectivity index is 2.46. The van der Waals surface area contributed by atoms with Crippen LogP contribution in [-0.2, 0) is 4.75 Å². The predicted octanol–water partition coefficient (Wildman–Crippen LogP) is 4.00. The molecular formula is C11H13ClS. The highest BCUT2D eigenvalue weighted by atomic mass is 35.5. The molecule has 1 aromatic rings. The molecule has 1 aromatic carbocycles. The Kier molecular flexibility index (Phi) is 2.33. The van der Waals surface area contributed by atoms with Crippen molar-refractivity contribution in [3.8, 4) is 0 Å². The average Bonchev–Trinajstić information content (AvgIpc) is 2.90. The fourth-order valence-electron chi connectivity index (χ4n) is 1.70. The largest absolute Gasteiger partial charge is 0.154 e. The summed E-state index contributed by atoms with van der Waals surface area (Å²) in [5, 5.41) is 0.967. The fraction of sp³-hybridized carbons (Fsp3) is 0.455. The summed E-state index contributed by atoms with van der Waals surface area (Å²) in [5.41, 5.74) is 2.53. The highest BCUT2D eigenvalue weighted by Gasteiger charge is 2.44. The molecule has 2 rings (SSSR count). The fourth-order valence-corrected chi connectivity index (χ4v) is 2.96. The first kappa shape index (κ1) is 9.42. The molecule has 13 heavy (non-hydrogen) atoms. The van der Waals surface area contributed by atoms with Gasteiger partial charge in [0.25, 0.3) is 0 Å². The molecule has 1 aliphatic carbocycles. The summed E-state index contributed by atoms with van der Waals surface area (Å²) in [7, 11) is 0. The van der Waals surface area contributed by atoms with Crippen LogP contribution >= 0.6 is 23.4 Å². The smallest absolute Gasteiger partial charge is 0.0481 e. The molecule has 0 heterocycles. The summed E-state index contributed by atoms with van der Waals surface area (Å²) < 4.78 is 0.350. The van der Waals surface area contributed by atoms with E-state index >= 15 is 0 Å². The highest BCUT2D eigenvalue weighted by molar-refractivity contribution is 7.99. The van der Waals surface area contributed by atoms with E-state index in [9.17, 15) is 0 Å². The number of halogens is 1. The molecule has 0 amide bonds. The van der Waals surface area contributed by atoms with Crippen LogP contribution < -0.4 is 0 Å². The van der Waals surface area contributed by atoms with Crippen molar-refractivity contribution in [1.82, 2.24) is 0 Å². The van der Waals surface area contributed by atoms with Gasteiger partial charge in [-0.15, -0.1) is 0 Å². The van der Waals surface area contributed by atoms with Crippen molar-refractivity contribution < 1.29 is 0 Å². The summed E-state index contributed by atoms with van der Waals surface area (Å²) in [5.74, 6) is 0. The number of rotatable bonds is 2. The van der Waals surface area contributed by atoms with E-state index in [1.54, 1.807) is 0 Å². The third-order valence-corrected chi connectivity index (χ3v) is 4.69. The van der Waals surface area contributed by atoms with Crippen molar-refractivity contribution in [2.45, 2.75) is 24.5 Å². The number of hydrogen-bond acceptors (Lipinski definition) is 1. The van der Waals surface area contributed by atoms with Crippen molar-refractivity contribution in [3.63, 3.8) is 0 Å². The lowest BCUT2D eigenvalue weighted by Gasteiger charge is -2.15. The molecule has 0 aliphatic heterocycles. The maximum absolute atomic E-state index is 6.28. The SMILES string of the molecule is CSC1(c2cccc(C)c2Cl)CC1. The van der Waals surface area contributed by atoms with Gasteiger partial charge in [0, 0.05) is 9.77 Å². The summed E-state index contributed by atoms with van der Waals surface area (Å²) in [6.45, 7) is 2.07. The number of aryl methyl sites for hydroxylation is 1. The van der Waals surface area contributed by atoms with Crippen LogP contribution in [0.25, 0.3) is 0 Å². The predicted molar refractivity (Wildman–Crippen MR) is 60.6 cm³/mol. The number of thioether (sulfide) groups is 1. The van der Waals surface area contributed by atoms with Gasteiger partial charge in [-0.05, 0) is 37.1 Å². The average molecular weight is 213 g/mol. The molecular weight excluding hydrogens is 200 g/mol. The first-order chi connectivity index (χ1) is 6.19. The van der Waals surface area contributed by atoms with Crippen LogP contribution in [0.2, 0.25) is 5.02 Å². The maximum atomic E-state index is 6.28. The van der Waals surface area contributed by atoms with Crippen LogP contribution in [0.4, 0.5) is 0 Å². The number of hydrogen-bond donors (Lipinski definition) is 0. The van der Waals surface area contributed by atoms with Crippen molar-refractivity contribution in [3.05, 3.63) is 34.3 Å². The molecule has 0 bridgehead atoms. The van der Waals surface area contributed by atoms with Gasteiger partial charge in [-0.1, -0.05) is 29.8 Å². The van der Waals surface area contributed by atoms with Gasteiger partial charge in [0.2, 0.25) is 0 Å². The highest BCUT2D eigenvalue weighted by Crippen LogP contribution is 2.57. The second-order valence-corrected chi connectivity index (χ2v) is 5.20. The zero-order valence-electron chi connectivity index (χ0n) is 7.93. The van der Waals surface area contributed by atoms with Crippen LogP contribution in [0.3, 0.4) is 0 Å². The zero-order chi connectivity index (χ0) is 9.47. The molecule has 0 radical (unpaired) electrons. The molecule has 0 nitrogen and oxygen atoms in total. The lowest BCUT2D eigenvalue weighted by Crippen LogP contribution is -2.01. The monoisotopic (exact) mass is 212 g/mol. The van der Waals surface area contributed by atoms with Crippen molar-refractivity contribution in [1.29, 1.82) is 0 Å². The summed E-state index contributed by atoms with van der Waals surface area (Å²) in [6, 6.07) is 6.34. The van der Waals surface area contributed by atoms with Gasteiger partial charge in [0.05, 0.1) is 0 Å². The van der Waals surface area contributed by atoms with Gasteiger partial charge in [-0.3, -0.25) is 0 Å². The Morgan fingerprint density at radius 3 is 2.62 bits per heavy atom. The molecule has 1 saturated carbocycles. The van der Waals surface area contributed by atoms with Crippen LogP contribution in [0, 0.1) is 6.92 Å². The van der Waals surface area contributed by atoms with Crippen LogP contribution in [0.1, 0.15) is 24.0 Å². The van der Waals surface area contributed by atoms with Gasteiger partial charge in [-0.2, -0.15) is 11.8 Å². The van der Waals surface area contributed by atoms with E-state index in [1.807, 2.05) is 11.8 Å². The van der Waals surface area contributed by atoms with Crippen LogP contribution in [-0.4, -0.2) is 6.26 Å². The van der Waals surface area contributed by atoms with Crippen molar-refractivity contribution >= 4 is 23.4 Å². The lowest BCUT2D eigenvalue weighted by molar-refractivity contribution is 1.03. The van der Waals surface area contributed by atoms with Gasteiger partial charge in [-0.25, -0.2) is 0 Å². The Labute approximate surface area is 88.7 Å². The van der Waals surface area contributed by atoms with Gasteiger partial charge < -0.3 is 0 Å². The minimum Gasteiger partial charge on any atom is -0.154 e. The summed E-state index contributed by atoms with van der Waals surface area (Å²) >= 11 is 8.21. The lowest BCUT2D eigenvalue weighted by atomic mass is 10.1. The Bertz CT molecular complexity index is 329. The van der Waals surface area contributed by atoms with E-state index in [0.717, 1.165) is 5.02 Å². The Morgan fingerprint density at radius 2 is 2.08 bits per heavy atom. The molecule has 0 aromatic heterocycles. The Morgan fingerprint density at radius 1 is 1.38 bits per heavy atom. The molecule has 2 heteroatoms. The molecule has 1 aliphatic rings. The van der Waals surface area contributed by atoms with Gasteiger partial charge in [0.1, 0.15) is 0 Å². The third-order valence-electron chi connectivity index (χ3n) is 2.78. The second-order valence-electron chi connectivity index (χ2n) is 3.63. The number of benzene rings is 1. The van der Waals surface area contributed by atoms with Crippen LogP contribution in [0.5, 0.6) is 0 Å². The van der Waals surface area contributed by atoms with E-state index < -0.39 is 0 Å². The topological polar surface area (TPSA) is 0 Å². The summed E-state index contributed by atoms with van der Waals surface area (Å²) in [6.07, 6.45) is 4.72. The van der Waals surface area contributed by atoms with Gasteiger partial charge >= 0.3 is 0 Å². The molecule has 0 atom stereocenters. The van der Waals surface area contributed by atoms with E-state index in [0.29, 0.717) is 4.75 Å². The zero-order valence-corrected chi connectivity index (χ0v) is 9.50. The molecule has 0 N–H and O–H groups in total. The first-order valence-corrected chi connectivity index (χ1v) is 6.11. The summed E-state index contributed by atoms with van der Waals surface area (Å²) in [4.78, 5) is 0. The normalized spacial score (nSPS) is 18.7. The minimum atomic E-state index is 0.350. The van der Waals surface area contributed by atoms with E-state index in [2.05, 4.69) is 31.4 Å². The molecule has 0 unspecified atom stereocenters. The van der Waals surface area contributed by atoms with E-state index in [1.165, 1.54) is 24.0 Å². The molecule has 0 spiro atoms. The standard InChI is InChI=1S/C11H13ClS/c1-8-4-3-5-9(10(8)12)11(13-2)6-7-11/h3-5H,6-7H2,1-2H3. The molecule has 70 valence electrons. The quantitative estimate of drug-likeness (QED) is 0.714. The van der Waals surface area contributed by atoms with E-state index in [4.69, 9.17) is 11.6 Å². The first-order valence-electron chi connectivity index (χ1n) is 4.50. The molecule has 1 fully saturated rings. The third kappa shape index (κ3) is 1.49. The van der Waals surface area contributed by atoms with Gasteiger partial charge in [0.15, 0.2) is 0 Å². The second kappa shape index (κ2) is 3.21. The maximum Gasteiger partial charge on any atom is 0.0481 e. The molecule has 0 saturated heterocycles. The Hall–Kier alpha value is -0.140. The van der Waals surface area contributed by atoms with Crippen molar-refractivity contribution in [2.75, 3.05) is 6.26 Å². The van der Waals surface area contributed by atoms with Crippen molar-refractivity contribution in [2.24, 2.45) is 0 Å². The van der Waals surface area contributed by atoms with E-state index in [-0.39, 0.29) is 0 Å². The minimum absolute atomic E-state index is 0.350.